The molecule has 0 N–H and O–H groups in total. The lowest BCUT2D eigenvalue weighted by molar-refractivity contribution is -0.129. The minimum absolute atomic E-state index is 0.348. The molecule has 0 bridgehead atoms. The summed E-state index contributed by atoms with van der Waals surface area (Å²) >= 11 is 0. The highest BCUT2D eigenvalue weighted by molar-refractivity contribution is 7.69. The number of carbonyl (C=O) groups is 1. The van der Waals surface area contributed by atoms with Gasteiger partial charge in [-0.15, -0.1) is 0 Å². The van der Waals surface area contributed by atoms with Gasteiger partial charge in [0.2, 0.25) is 0 Å². The molecule has 0 saturated heterocycles. The van der Waals surface area contributed by atoms with Gasteiger partial charge in [-0.25, -0.2) is 4.79 Å². The molecule has 0 aromatic heterocycles. The van der Waals surface area contributed by atoms with Crippen molar-refractivity contribution in [3.05, 3.63) is 72.8 Å². The first-order valence-corrected chi connectivity index (χ1v) is 7.22. The summed E-state index contributed by atoms with van der Waals surface area (Å²) in [5.41, 5.74) is 0.416. The van der Waals surface area contributed by atoms with Gasteiger partial charge in [0.05, 0.1) is 0 Å². The molecule has 0 amide bonds. The Hall–Kier alpha value is -1.92. The monoisotopic (exact) mass is 270 g/mol. The Kier molecular flexibility index (Phi) is 4.48. The molecule has 0 unspecified atom stereocenters. The Bertz CT molecular complexity index is 524. The maximum Gasteiger partial charge on any atom is 0.336 e. The zero-order chi connectivity index (χ0) is 13.7. The van der Waals surface area contributed by atoms with E-state index in [-0.39, 0.29) is 5.97 Å². The summed E-state index contributed by atoms with van der Waals surface area (Å²) in [5.74, 6) is -0.348. The lowest BCUT2D eigenvalue weighted by Gasteiger charge is -2.17. The highest BCUT2D eigenvalue weighted by Gasteiger charge is 2.19. The highest BCUT2D eigenvalue weighted by Crippen LogP contribution is 2.35. The predicted molar refractivity (Wildman–Crippen MR) is 80.0 cm³/mol. The maximum atomic E-state index is 11.8. The quantitative estimate of drug-likeness (QED) is 0.630. The number of benzene rings is 2. The first kappa shape index (κ1) is 13.5. The van der Waals surface area contributed by atoms with Gasteiger partial charge >= 0.3 is 5.97 Å². The smallest absolute Gasteiger partial charge is 0.336 e. The molecule has 0 fully saturated rings. The van der Waals surface area contributed by atoms with Crippen molar-refractivity contribution in [3.63, 3.8) is 0 Å². The third-order valence-corrected chi connectivity index (χ3v) is 4.39. The predicted octanol–water partition coefficient (Wildman–Crippen LogP) is 3.15. The van der Waals surface area contributed by atoms with Crippen molar-refractivity contribution < 1.29 is 9.32 Å². The highest BCUT2D eigenvalue weighted by atomic mass is 31.1. The number of carbonyl (C=O) groups excluding carboxylic acids is 1. The van der Waals surface area contributed by atoms with E-state index in [0.717, 1.165) is 10.6 Å². The molecule has 0 atom stereocenters. The fourth-order valence-electron chi connectivity index (χ4n) is 1.54. The molecule has 2 aromatic carbocycles. The zero-order valence-corrected chi connectivity index (χ0v) is 11.6. The minimum Gasteiger partial charge on any atom is -0.432 e. The van der Waals surface area contributed by atoms with Crippen molar-refractivity contribution >= 4 is 24.7 Å². The second-order valence-electron chi connectivity index (χ2n) is 4.12. The van der Waals surface area contributed by atoms with Crippen LogP contribution in [0.25, 0.3) is 0 Å². The van der Waals surface area contributed by atoms with Gasteiger partial charge in [-0.1, -0.05) is 67.2 Å². The van der Waals surface area contributed by atoms with Crippen LogP contribution in [0.15, 0.2) is 72.8 Å². The summed E-state index contributed by atoms with van der Waals surface area (Å²) in [7, 11) is -1.13. The van der Waals surface area contributed by atoms with E-state index < -0.39 is 8.15 Å². The van der Waals surface area contributed by atoms with E-state index in [2.05, 4.69) is 6.58 Å². The second kappa shape index (κ2) is 6.31. The fraction of sp³-hybridized carbons (Fsp3) is 0.0625. The molecule has 2 nitrogen and oxygen atoms in total. The number of hydrogen-bond donors (Lipinski definition) is 0. The van der Waals surface area contributed by atoms with E-state index in [1.54, 1.807) is 6.92 Å². The normalized spacial score (nSPS) is 10.2. The minimum atomic E-state index is -1.13. The van der Waals surface area contributed by atoms with Crippen LogP contribution in [0.3, 0.4) is 0 Å². The van der Waals surface area contributed by atoms with Crippen LogP contribution in [0.2, 0.25) is 0 Å². The molecule has 0 saturated carbocycles. The fourth-order valence-corrected chi connectivity index (χ4v) is 3.26. The van der Waals surface area contributed by atoms with Crippen LogP contribution in [0.5, 0.6) is 0 Å². The molecule has 0 radical (unpaired) electrons. The van der Waals surface area contributed by atoms with Crippen LogP contribution in [-0.2, 0) is 9.32 Å². The van der Waals surface area contributed by atoms with Crippen LogP contribution in [-0.4, -0.2) is 5.97 Å². The van der Waals surface area contributed by atoms with Gasteiger partial charge in [0, 0.05) is 16.2 Å². The van der Waals surface area contributed by atoms with E-state index >= 15 is 0 Å². The average molecular weight is 270 g/mol. The molecule has 2 aromatic rings. The summed E-state index contributed by atoms with van der Waals surface area (Å²) in [6, 6.07) is 19.6. The van der Waals surface area contributed by atoms with Gasteiger partial charge in [0.25, 0.3) is 0 Å². The Labute approximate surface area is 114 Å². The second-order valence-corrected chi connectivity index (χ2v) is 5.93. The Morgan fingerprint density at radius 2 is 1.37 bits per heavy atom. The molecule has 3 heteroatoms. The molecular weight excluding hydrogens is 255 g/mol. The first-order valence-electron chi connectivity index (χ1n) is 5.96. The number of rotatable bonds is 4. The van der Waals surface area contributed by atoms with Crippen LogP contribution in [0.4, 0.5) is 0 Å². The Morgan fingerprint density at radius 3 is 1.74 bits per heavy atom. The van der Waals surface area contributed by atoms with Crippen LogP contribution < -0.4 is 10.6 Å². The van der Waals surface area contributed by atoms with Gasteiger partial charge < -0.3 is 4.52 Å². The van der Waals surface area contributed by atoms with E-state index in [1.807, 2.05) is 60.7 Å². The molecule has 96 valence electrons. The SMILES string of the molecule is C=C(C)C(=O)OP(c1ccccc1)c1ccccc1. The molecule has 0 heterocycles. The summed E-state index contributed by atoms with van der Waals surface area (Å²) < 4.78 is 5.61. The molecule has 2 rings (SSSR count). The largest absolute Gasteiger partial charge is 0.432 e. The van der Waals surface area contributed by atoms with Crippen molar-refractivity contribution in [3.8, 4) is 0 Å². The molecule has 0 aliphatic heterocycles. The number of hydrogen-bond acceptors (Lipinski definition) is 2. The average Bonchev–Trinajstić information content (AvgIpc) is 2.46. The van der Waals surface area contributed by atoms with Crippen molar-refractivity contribution in [1.29, 1.82) is 0 Å². The van der Waals surface area contributed by atoms with Gasteiger partial charge in [-0.3, -0.25) is 0 Å². The molecule has 0 aliphatic carbocycles. The topological polar surface area (TPSA) is 26.3 Å². The Balaban J connectivity index is 2.34. The summed E-state index contributed by atoms with van der Waals surface area (Å²) in [4.78, 5) is 11.8. The van der Waals surface area contributed by atoms with Gasteiger partial charge in [-0.05, 0) is 6.92 Å². The van der Waals surface area contributed by atoms with Crippen molar-refractivity contribution in [2.24, 2.45) is 0 Å². The van der Waals surface area contributed by atoms with Crippen LogP contribution in [0, 0.1) is 0 Å². The summed E-state index contributed by atoms with van der Waals surface area (Å²) in [6.07, 6.45) is 0. The van der Waals surface area contributed by atoms with E-state index in [0.29, 0.717) is 5.57 Å². The van der Waals surface area contributed by atoms with E-state index in [9.17, 15) is 4.79 Å². The third kappa shape index (κ3) is 3.52. The molecule has 0 spiro atoms. The molecule has 19 heavy (non-hydrogen) atoms. The maximum absolute atomic E-state index is 11.8. The lowest BCUT2D eigenvalue weighted by Crippen LogP contribution is -2.16. The zero-order valence-electron chi connectivity index (χ0n) is 10.7. The first-order chi connectivity index (χ1) is 9.18. The van der Waals surface area contributed by atoms with Crippen molar-refractivity contribution in [1.82, 2.24) is 0 Å². The van der Waals surface area contributed by atoms with Crippen molar-refractivity contribution in [2.75, 3.05) is 0 Å². The van der Waals surface area contributed by atoms with Crippen LogP contribution >= 0.6 is 8.15 Å². The van der Waals surface area contributed by atoms with Gasteiger partial charge in [0.15, 0.2) is 8.15 Å². The van der Waals surface area contributed by atoms with Gasteiger partial charge in [0.1, 0.15) is 0 Å². The summed E-state index contributed by atoms with van der Waals surface area (Å²) in [6.45, 7) is 5.29. The Morgan fingerprint density at radius 1 is 0.947 bits per heavy atom. The van der Waals surface area contributed by atoms with Crippen LogP contribution in [0.1, 0.15) is 6.92 Å². The van der Waals surface area contributed by atoms with E-state index in [1.165, 1.54) is 0 Å². The standard InChI is InChI=1S/C16H15O2P/c1-13(2)16(17)18-19(14-9-5-3-6-10-14)15-11-7-4-8-12-15/h3-12H,1H2,2H3. The van der Waals surface area contributed by atoms with Crippen molar-refractivity contribution in [2.45, 2.75) is 6.92 Å². The lowest BCUT2D eigenvalue weighted by atomic mass is 10.4. The third-order valence-electron chi connectivity index (χ3n) is 2.50. The van der Waals surface area contributed by atoms with E-state index in [4.69, 9.17) is 4.52 Å². The van der Waals surface area contributed by atoms with Gasteiger partial charge in [-0.2, -0.15) is 0 Å². The summed E-state index contributed by atoms with van der Waals surface area (Å²) in [5, 5.41) is 2.02. The molecular formula is C16H15O2P. The molecule has 0 aliphatic rings.